The van der Waals surface area contributed by atoms with E-state index in [1.807, 2.05) is 20.8 Å². The number of sulfonamides is 1. The van der Waals surface area contributed by atoms with E-state index in [4.69, 9.17) is 5.11 Å². The Morgan fingerprint density at radius 1 is 0.958 bits per heavy atom. The van der Waals surface area contributed by atoms with Crippen molar-refractivity contribution in [2.24, 2.45) is 0 Å². The Hall–Kier alpha value is -4.32. The van der Waals surface area contributed by atoms with Crippen molar-refractivity contribution in [3.05, 3.63) is 70.6 Å². The third-order valence-electron chi connectivity index (χ3n) is 6.66. The number of hydrogen-bond acceptors (Lipinski definition) is 8. The Labute approximate surface area is 274 Å². The molecule has 0 aliphatic carbocycles. The van der Waals surface area contributed by atoms with E-state index in [-0.39, 0.29) is 41.8 Å². The normalized spacial score (nSPS) is 12.6. The van der Waals surface area contributed by atoms with Crippen molar-refractivity contribution in [3.63, 3.8) is 0 Å². The maximum Gasteiger partial charge on any atom is 0.417 e. The van der Waals surface area contributed by atoms with E-state index in [1.54, 1.807) is 4.72 Å². The van der Waals surface area contributed by atoms with Crippen molar-refractivity contribution < 1.29 is 49.1 Å². The average molecular weight is 720 g/mol. The monoisotopic (exact) mass is 719 g/mol. The van der Waals surface area contributed by atoms with E-state index in [0.717, 1.165) is 17.4 Å². The molecular formula is C30H28F7N5O4S2. The lowest BCUT2D eigenvalue weighted by Crippen LogP contribution is -2.21. The molecule has 0 unspecified atom stereocenters. The highest BCUT2D eigenvalue weighted by molar-refractivity contribution is 7.92. The quantitative estimate of drug-likeness (QED) is 0.104. The van der Waals surface area contributed by atoms with Gasteiger partial charge in [-0.1, -0.05) is 26.8 Å². The van der Waals surface area contributed by atoms with Crippen LogP contribution < -0.4 is 10.0 Å². The lowest BCUT2D eigenvalue weighted by molar-refractivity contribution is -0.143. The molecule has 0 spiro atoms. The highest BCUT2D eigenvalue weighted by Crippen LogP contribution is 2.43. The first-order chi connectivity index (χ1) is 22.2. The summed E-state index contributed by atoms with van der Waals surface area (Å²) in [6, 6.07) is 4.84. The summed E-state index contributed by atoms with van der Waals surface area (Å²) in [6.07, 6.45) is -8.17. The maximum atomic E-state index is 16.1. The van der Waals surface area contributed by atoms with Gasteiger partial charge < -0.3 is 10.4 Å². The second-order valence-electron chi connectivity index (χ2n) is 11.5. The Morgan fingerprint density at radius 2 is 1.67 bits per heavy atom. The molecule has 0 radical (unpaired) electrons. The third-order valence-corrected chi connectivity index (χ3v) is 9.57. The molecule has 2 aromatic carbocycles. The van der Waals surface area contributed by atoms with Crippen molar-refractivity contribution in [2.45, 2.75) is 62.7 Å². The van der Waals surface area contributed by atoms with Crippen LogP contribution in [0.4, 0.5) is 42.4 Å². The van der Waals surface area contributed by atoms with Gasteiger partial charge in [0.15, 0.2) is 5.82 Å². The van der Waals surface area contributed by atoms with E-state index in [1.165, 1.54) is 24.4 Å². The molecular weight excluding hydrogens is 691 g/mol. The summed E-state index contributed by atoms with van der Waals surface area (Å²) in [5.41, 5.74) is -4.85. The lowest BCUT2D eigenvalue weighted by atomic mass is 9.98. The van der Waals surface area contributed by atoms with Gasteiger partial charge in [0.2, 0.25) is 5.95 Å². The number of alkyl halides is 6. The van der Waals surface area contributed by atoms with Gasteiger partial charge in [0.1, 0.15) is 4.90 Å². The number of aliphatic carboxylic acids is 1. The molecule has 0 amide bonds. The zero-order valence-electron chi connectivity index (χ0n) is 25.4. The van der Waals surface area contributed by atoms with Crippen LogP contribution >= 0.6 is 11.3 Å². The first-order valence-corrected chi connectivity index (χ1v) is 16.4. The second-order valence-corrected chi connectivity index (χ2v) is 14.1. The number of halogens is 7. The van der Waals surface area contributed by atoms with Gasteiger partial charge in [0.25, 0.3) is 10.0 Å². The SMILES string of the molecule is CC(C)(C)c1nc(-c2cccc(NS(=O)(=O)c3cc(C(F)(F)F)ccc3C(F)(F)F)c2F)c(-c2ccnc(NCCCCC(=O)O)n2)s1. The molecule has 0 bridgehead atoms. The fourth-order valence-electron chi connectivity index (χ4n) is 4.32. The fourth-order valence-corrected chi connectivity index (χ4v) is 6.74. The molecule has 0 atom stereocenters. The fraction of sp³-hybridized carbons (Fsp3) is 0.333. The number of thiazole rings is 1. The summed E-state index contributed by atoms with van der Waals surface area (Å²) < 4.78 is 125. The summed E-state index contributed by atoms with van der Waals surface area (Å²) in [7, 11) is -5.42. The Balaban J connectivity index is 1.76. The summed E-state index contributed by atoms with van der Waals surface area (Å²) in [4.78, 5) is 22.6. The minimum absolute atomic E-state index is 0.000635. The number of anilines is 2. The third kappa shape index (κ3) is 8.58. The minimum atomic E-state index is -5.42. The molecule has 3 N–H and O–H groups in total. The molecule has 0 saturated heterocycles. The standard InChI is InChI=1S/C30H28F7N5O4S2/c1-28(2,3)26-41-24(25(47-26)20-12-14-39-27(40-20)38-13-5-4-9-22(43)44)17-7-6-8-19(23(17)31)42-48(45,46)21-15-16(29(32,33)34)10-11-18(21)30(35,36)37/h6-8,10-12,14-15,42H,4-5,9,13H2,1-3H3,(H,43,44)(H,38,39,40). The first-order valence-electron chi connectivity index (χ1n) is 14.1. The second kappa shape index (κ2) is 13.7. The molecule has 0 saturated carbocycles. The Morgan fingerprint density at radius 3 is 2.29 bits per heavy atom. The van der Waals surface area contributed by atoms with Crippen molar-refractivity contribution >= 4 is 39.0 Å². The summed E-state index contributed by atoms with van der Waals surface area (Å²) in [5, 5.41) is 12.3. The number of benzene rings is 2. The largest absolute Gasteiger partial charge is 0.481 e. The van der Waals surface area contributed by atoms with Crippen LogP contribution in [0, 0.1) is 5.82 Å². The van der Waals surface area contributed by atoms with Gasteiger partial charge in [-0.15, -0.1) is 11.3 Å². The predicted octanol–water partition coefficient (Wildman–Crippen LogP) is 8.21. The smallest absolute Gasteiger partial charge is 0.417 e. The van der Waals surface area contributed by atoms with Crippen LogP contribution in [0.3, 0.4) is 0 Å². The zero-order chi connectivity index (χ0) is 35.7. The predicted molar refractivity (Wildman–Crippen MR) is 164 cm³/mol. The molecule has 2 aromatic heterocycles. The number of aromatic nitrogens is 3. The van der Waals surface area contributed by atoms with Crippen LogP contribution in [-0.2, 0) is 32.6 Å². The van der Waals surface area contributed by atoms with Crippen molar-refractivity contribution in [1.29, 1.82) is 0 Å². The van der Waals surface area contributed by atoms with Gasteiger partial charge in [-0.05, 0) is 49.2 Å². The van der Waals surface area contributed by atoms with Crippen LogP contribution in [0.5, 0.6) is 0 Å². The first kappa shape index (κ1) is 36.5. The minimum Gasteiger partial charge on any atom is -0.481 e. The van der Waals surface area contributed by atoms with Crippen LogP contribution in [0.15, 0.2) is 53.6 Å². The van der Waals surface area contributed by atoms with Crippen molar-refractivity contribution in [1.82, 2.24) is 15.0 Å². The number of nitrogens with zero attached hydrogens (tertiary/aromatic N) is 3. The van der Waals surface area contributed by atoms with Gasteiger partial charge in [-0.2, -0.15) is 26.3 Å². The molecule has 258 valence electrons. The lowest BCUT2D eigenvalue weighted by Gasteiger charge is -2.17. The van der Waals surface area contributed by atoms with E-state index < -0.39 is 61.3 Å². The molecule has 0 aliphatic rings. The molecule has 18 heteroatoms. The molecule has 2 heterocycles. The van der Waals surface area contributed by atoms with Gasteiger partial charge in [-0.3, -0.25) is 9.52 Å². The number of carbonyl (C=O) groups is 1. The van der Waals surface area contributed by atoms with Crippen LogP contribution in [0.25, 0.3) is 21.8 Å². The van der Waals surface area contributed by atoms with Crippen LogP contribution in [0.2, 0.25) is 0 Å². The van der Waals surface area contributed by atoms with Gasteiger partial charge in [0.05, 0.1) is 38.1 Å². The van der Waals surface area contributed by atoms with Crippen LogP contribution in [0.1, 0.15) is 56.2 Å². The molecule has 0 fully saturated rings. The highest BCUT2D eigenvalue weighted by Gasteiger charge is 2.40. The summed E-state index contributed by atoms with van der Waals surface area (Å²) in [6.45, 7) is 5.89. The Bertz CT molecular complexity index is 1920. The van der Waals surface area contributed by atoms with Crippen LogP contribution in [-0.4, -0.2) is 41.0 Å². The van der Waals surface area contributed by atoms with Gasteiger partial charge in [0, 0.05) is 30.1 Å². The van der Waals surface area contributed by atoms with E-state index >= 15 is 4.39 Å². The van der Waals surface area contributed by atoms with Gasteiger partial charge >= 0.3 is 18.3 Å². The van der Waals surface area contributed by atoms with E-state index in [0.29, 0.717) is 35.0 Å². The number of rotatable bonds is 11. The van der Waals surface area contributed by atoms with Crippen molar-refractivity contribution in [2.75, 3.05) is 16.6 Å². The number of carboxylic acids is 1. The zero-order valence-corrected chi connectivity index (χ0v) is 27.1. The highest BCUT2D eigenvalue weighted by atomic mass is 32.2. The number of hydrogen-bond donors (Lipinski definition) is 3. The topological polar surface area (TPSA) is 134 Å². The molecule has 48 heavy (non-hydrogen) atoms. The number of unbranched alkanes of at least 4 members (excludes halogenated alkanes) is 1. The number of carboxylic acid groups (broad SMARTS) is 1. The summed E-state index contributed by atoms with van der Waals surface area (Å²) in [5.74, 6) is -1.99. The van der Waals surface area contributed by atoms with Crippen molar-refractivity contribution in [3.8, 4) is 21.8 Å². The van der Waals surface area contributed by atoms with E-state index in [9.17, 15) is 39.6 Å². The molecule has 9 nitrogen and oxygen atoms in total. The summed E-state index contributed by atoms with van der Waals surface area (Å²) >= 11 is 1.16. The van der Waals surface area contributed by atoms with E-state index in [2.05, 4.69) is 20.3 Å². The Kier molecular flexibility index (Phi) is 10.4. The number of nitrogens with one attached hydrogen (secondary N) is 2. The average Bonchev–Trinajstić information content (AvgIpc) is 3.43. The maximum absolute atomic E-state index is 16.1. The molecule has 4 rings (SSSR count). The van der Waals surface area contributed by atoms with Gasteiger partial charge in [-0.25, -0.2) is 27.8 Å². The molecule has 0 aliphatic heterocycles. The molecule has 4 aromatic rings.